The average Bonchev–Trinajstić information content (AvgIpc) is 3.09. The number of fused-ring (bicyclic) bond motifs is 4. The Morgan fingerprint density at radius 1 is 1.19 bits per heavy atom. The highest BCUT2D eigenvalue weighted by Crippen LogP contribution is 2.20. The van der Waals surface area contributed by atoms with Crippen LogP contribution in [0, 0.1) is 0 Å². The molecule has 0 aliphatic carbocycles. The number of rotatable bonds is 4. The van der Waals surface area contributed by atoms with Gasteiger partial charge in [-0.2, -0.15) is 0 Å². The van der Waals surface area contributed by atoms with Crippen LogP contribution < -0.4 is 10.6 Å². The van der Waals surface area contributed by atoms with E-state index in [2.05, 4.69) is 54.0 Å². The second-order valence-electron chi connectivity index (χ2n) is 8.06. The van der Waals surface area contributed by atoms with Gasteiger partial charge in [-0.15, -0.1) is 10.2 Å². The van der Waals surface area contributed by atoms with Crippen LogP contribution >= 0.6 is 0 Å². The average molecular weight is 361 g/mol. The predicted molar refractivity (Wildman–Crippen MR) is 103 cm³/mol. The van der Waals surface area contributed by atoms with E-state index in [1.807, 2.05) is 7.05 Å². The van der Waals surface area contributed by atoms with Crippen LogP contribution in [0.4, 0.5) is 0 Å². The number of nitrogens with one attached hydrogen (secondary N) is 2. The van der Waals surface area contributed by atoms with Gasteiger partial charge in [0.25, 0.3) is 0 Å². The maximum Gasteiger partial charge on any atom is 0.191 e. The molecule has 8 nitrogen and oxygen atoms in total. The molecule has 8 heteroatoms. The molecule has 26 heavy (non-hydrogen) atoms. The summed E-state index contributed by atoms with van der Waals surface area (Å²) in [6, 6.07) is 0.966. The summed E-state index contributed by atoms with van der Waals surface area (Å²) >= 11 is 0. The number of aryl methyl sites for hydroxylation is 1. The van der Waals surface area contributed by atoms with E-state index in [4.69, 9.17) is 0 Å². The lowest BCUT2D eigenvalue weighted by Crippen LogP contribution is -2.64. The van der Waals surface area contributed by atoms with Gasteiger partial charge < -0.3 is 15.2 Å². The zero-order valence-corrected chi connectivity index (χ0v) is 16.3. The molecule has 144 valence electrons. The zero-order chi connectivity index (χ0) is 18.1. The van der Waals surface area contributed by atoms with Crippen molar-refractivity contribution in [2.75, 3.05) is 46.3 Å². The monoisotopic (exact) mass is 360 g/mol. The SMILES string of the molecule is CN=C(NCC1CN2CCN1CC2)NC1CCc2nnc(C(C)C)n2C1. The number of aliphatic imine (C=N–C) groups is 1. The number of hydrogen-bond acceptors (Lipinski definition) is 5. The molecule has 0 aromatic carbocycles. The highest BCUT2D eigenvalue weighted by atomic mass is 15.4. The Morgan fingerprint density at radius 2 is 2.00 bits per heavy atom. The minimum atomic E-state index is 0.370. The fraction of sp³-hybridized carbons (Fsp3) is 0.833. The number of nitrogens with zero attached hydrogens (tertiary/aromatic N) is 6. The number of piperazine rings is 3. The van der Waals surface area contributed by atoms with E-state index in [-0.39, 0.29) is 0 Å². The molecule has 0 saturated carbocycles. The molecular weight excluding hydrogens is 328 g/mol. The standard InChI is InChI=1S/C18H32N8/c1-13(2)17-23-22-16-5-4-14(11-26(16)17)21-18(19-3)20-10-15-12-24-6-8-25(15)9-7-24/h13-15H,4-12H2,1-3H3,(H2,19,20,21). The molecule has 1 aromatic heterocycles. The highest BCUT2D eigenvalue weighted by Gasteiger charge is 2.32. The molecule has 2 atom stereocenters. The van der Waals surface area contributed by atoms with Gasteiger partial charge in [0.05, 0.1) is 0 Å². The maximum absolute atomic E-state index is 4.45. The lowest BCUT2D eigenvalue weighted by Gasteiger charge is -2.47. The third-order valence-electron chi connectivity index (χ3n) is 5.95. The van der Waals surface area contributed by atoms with Gasteiger partial charge in [0.2, 0.25) is 0 Å². The summed E-state index contributed by atoms with van der Waals surface area (Å²) in [4.78, 5) is 9.64. The summed E-state index contributed by atoms with van der Waals surface area (Å²) in [6.45, 7) is 12.3. The Morgan fingerprint density at radius 3 is 2.65 bits per heavy atom. The Balaban J connectivity index is 1.32. The van der Waals surface area contributed by atoms with E-state index in [1.54, 1.807) is 0 Å². The smallest absolute Gasteiger partial charge is 0.191 e. The van der Waals surface area contributed by atoms with Crippen LogP contribution in [0.1, 0.15) is 37.8 Å². The first-order valence-electron chi connectivity index (χ1n) is 9.99. The summed E-state index contributed by atoms with van der Waals surface area (Å²) in [5.41, 5.74) is 0. The Labute approximate surface area is 156 Å². The molecule has 0 amide bonds. The minimum Gasteiger partial charge on any atom is -0.355 e. The van der Waals surface area contributed by atoms with Gasteiger partial charge >= 0.3 is 0 Å². The molecule has 4 aliphatic rings. The molecule has 1 aromatic rings. The number of hydrogen-bond donors (Lipinski definition) is 2. The third kappa shape index (κ3) is 3.57. The van der Waals surface area contributed by atoms with Crippen molar-refractivity contribution >= 4 is 5.96 Å². The van der Waals surface area contributed by atoms with E-state index in [9.17, 15) is 0 Å². The zero-order valence-electron chi connectivity index (χ0n) is 16.3. The van der Waals surface area contributed by atoms with Crippen LogP contribution in [0.3, 0.4) is 0 Å². The van der Waals surface area contributed by atoms with E-state index in [1.165, 1.54) is 32.7 Å². The summed E-state index contributed by atoms with van der Waals surface area (Å²) in [7, 11) is 1.86. The Hall–Kier alpha value is -1.67. The molecule has 2 unspecified atom stereocenters. The Kier molecular flexibility index (Phi) is 5.13. The van der Waals surface area contributed by atoms with E-state index < -0.39 is 0 Å². The molecular formula is C18H32N8. The van der Waals surface area contributed by atoms with Gasteiger partial charge in [-0.3, -0.25) is 14.8 Å². The van der Waals surface area contributed by atoms with Gasteiger partial charge in [0, 0.05) is 77.3 Å². The summed E-state index contributed by atoms with van der Waals surface area (Å²) in [5, 5.41) is 15.9. The summed E-state index contributed by atoms with van der Waals surface area (Å²) in [6.07, 6.45) is 2.04. The lowest BCUT2D eigenvalue weighted by atomic mass is 10.1. The van der Waals surface area contributed by atoms with Crippen molar-refractivity contribution in [3.63, 3.8) is 0 Å². The van der Waals surface area contributed by atoms with Crippen LogP contribution in [0.25, 0.3) is 0 Å². The molecule has 0 spiro atoms. The fourth-order valence-electron chi connectivity index (χ4n) is 4.41. The van der Waals surface area contributed by atoms with Crippen LogP contribution in [-0.2, 0) is 13.0 Å². The number of guanidine groups is 1. The van der Waals surface area contributed by atoms with Gasteiger partial charge in [-0.05, 0) is 6.42 Å². The molecule has 5 heterocycles. The van der Waals surface area contributed by atoms with Crippen LogP contribution in [0.15, 0.2) is 4.99 Å². The first kappa shape index (κ1) is 17.7. The molecule has 2 N–H and O–H groups in total. The third-order valence-corrected chi connectivity index (χ3v) is 5.95. The van der Waals surface area contributed by atoms with Crippen molar-refractivity contribution in [3.8, 4) is 0 Å². The van der Waals surface area contributed by atoms with Crippen molar-refractivity contribution < 1.29 is 0 Å². The summed E-state index contributed by atoms with van der Waals surface area (Å²) < 4.78 is 2.29. The molecule has 3 saturated heterocycles. The van der Waals surface area contributed by atoms with Crippen molar-refractivity contribution in [2.45, 2.75) is 51.2 Å². The quantitative estimate of drug-likeness (QED) is 0.576. The van der Waals surface area contributed by atoms with Crippen molar-refractivity contribution in [1.29, 1.82) is 0 Å². The molecule has 2 bridgehead atoms. The van der Waals surface area contributed by atoms with Crippen LogP contribution in [0.5, 0.6) is 0 Å². The van der Waals surface area contributed by atoms with E-state index in [0.29, 0.717) is 18.0 Å². The van der Waals surface area contributed by atoms with Gasteiger partial charge in [-0.25, -0.2) is 0 Å². The molecule has 4 aliphatic heterocycles. The van der Waals surface area contributed by atoms with Gasteiger partial charge in [-0.1, -0.05) is 13.8 Å². The molecule has 0 radical (unpaired) electrons. The van der Waals surface area contributed by atoms with Crippen LogP contribution in [0.2, 0.25) is 0 Å². The molecule has 3 fully saturated rings. The Bertz CT molecular complexity index is 644. The van der Waals surface area contributed by atoms with Gasteiger partial charge in [0.1, 0.15) is 11.6 Å². The maximum atomic E-state index is 4.45. The van der Waals surface area contributed by atoms with E-state index in [0.717, 1.165) is 43.5 Å². The van der Waals surface area contributed by atoms with Crippen LogP contribution in [-0.4, -0.2) is 88.9 Å². The van der Waals surface area contributed by atoms with Crippen molar-refractivity contribution in [1.82, 2.24) is 35.2 Å². The van der Waals surface area contributed by atoms with Gasteiger partial charge in [0.15, 0.2) is 5.96 Å². The lowest BCUT2D eigenvalue weighted by molar-refractivity contribution is 0.0154. The largest absolute Gasteiger partial charge is 0.355 e. The second kappa shape index (κ2) is 7.52. The van der Waals surface area contributed by atoms with Crippen molar-refractivity contribution in [2.24, 2.45) is 4.99 Å². The first-order chi connectivity index (χ1) is 12.6. The fourth-order valence-corrected chi connectivity index (χ4v) is 4.41. The number of aromatic nitrogens is 3. The normalized spacial score (nSPS) is 31.2. The second-order valence-corrected chi connectivity index (χ2v) is 8.06. The van der Waals surface area contributed by atoms with E-state index >= 15 is 0 Å². The topological polar surface area (TPSA) is 73.6 Å². The minimum absolute atomic E-state index is 0.370. The first-order valence-corrected chi connectivity index (χ1v) is 9.99. The predicted octanol–water partition coefficient (Wildman–Crippen LogP) is -0.119. The summed E-state index contributed by atoms with van der Waals surface area (Å²) in [5.74, 6) is 3.53. The highest BCUT2D eigenvalue weighted by molar-refractivity contribution is 5.80. The molecule has 5 rings (SSSR count). The van der Waals surface area contributed by atoms with Crippen molar-refractivity contribution in [3.05, 3.63) is 11.6 Å².